The third-order valence-electron chi connectivity index (χ3n) is 1.23. The van der Waals surface area contributed by atoms with Gasteiger partial charge < -0.3 is 25.2 Å². The van der Waals surface area contributed by atoms with Gasteiger partial charge in [0, 0.05) is 12.8 Å². The summed E-state index contributed by atoms with van der Waals surface area (Å²) in [7, 11) is 0. The van der Waals surface area contributed by atoms with Crippen molar-refractivity contribution in [3.05, 3.63) is 0 Å². The molecule has 0 aromatic carbocycles. The van der Waals surface area contributed by atoms with Crippen LogP contribution in [-0.4, -0.2) is 45.2 Å². The Morgan fingerprint density at radius 2 is 1.64 bits per heavy atom. The number of carbonyl (C=O) groups excluding carboxylic acids is 1. The molecule has 2 atom stereocenters. The average Bonchev–Trinajstić information content (AvgIpc) is 1.86. The van der Waals surface area contributed by atoms with E-state index in [-0.39, 0.29) is 12.8 Å². The molecule has 0 bridgehead atoms. The van der Waals surface area contributed by atoms with Gasteiger partial charge in [0.2, 0.25) is 0 Å². The number of aliphatic hydroxyl groups is 4. The fourth-order valence-corrected chi connectivity index (χ4v) is 0.629. The van der Waals surface area contributed by atoms with Crippen molar-refractivity contribution in [2.24, 2.45) is 0 Å². The van der Waals surface area contributed by atoms with E-state index in [1.807, 2.05) is 0 Å². The Labute approximate surface area is 63.9 Å². The first-order valence-corrected chi connectivity index (χ1v) is 3.23. The maximum Gasteiger partial charge on any atom is 0.154 e. The molecular weight excluding hydrogens is 152 g/mol. The van der Waals surface area contributed by atoms with E-state index in [1.165, 1.54) is 0 Å². The van der Waals surface area contributed by atoms with Gasteiger partial charge in [0.05, 0.1) is 12.2 Å². The monoisotopic (exact) mass is 164 g/mol. The van der Waals surface area contributed by atoms with E-state index in [1.54, 1.807) is 0 Å². The van der Waals surface area contributed by atoms with Crippen LogP contribution in [0.3, 0.4) is 0 Å². The standard InChI is InChI=1S/C6H12O5/c7-2-1-4(8)5(9)3-6(10)11/h2,4-6,8-11H,1,3H2. The highest BCUT2D eigenvalue weighted by Gasteiger charge is 2.17. The summed E-state index contributed by atoms with van der Waals surface area (Å²) in [4.78, 5) is 9.81. The number of carbonyl (C=O) groups is 1. The topological polar surface area (TPSA) is 98.0 Å². The first kappa shape index (κ1) is 10.5. The van der Waals surface area contributed by atoms with Crippen LogP contribution in [0, 0.1) is 0 Å². The maximum atomic E-state index is 9.81. The predicted molar refractivity (Wildman–Crippen MR) is 35.5 cm³/mol. The third kappa shape index (κ3) is 4.86. The summed E-state index contributed by atoms with van der Waals surface area (Å²) in [6.07, 6.45) is -4.23. The smallest absolute Gasteiger partial charge is 0.154 e. The van der Waals surface area contributed by atoms with Crippen molar-refractivity contribution in [1.29, 1.82) is 0 Å². The molecule has 0 amide bonds. The van der Waals surface area contributed by atoms with Gasteiger partial charge in [-0.2, -0.15) is 0 Å². The van der Waals surface area contributed by atoms with Crippen molar-refractivity contribution < 1.29 is 25.2 Å². The lowest BCUT2D eigenvalue weighted by Crippen LogP contribution is -2.30. The van der Waals surface area contributed by atoms with Crippen LogP contribution in [0.4, 0.5) is 0 Å². The molecule has 0 spiro atoms. The van der Waals surface area contributed by atoms with Gasteiger partial charge in [-0.25, -0.2) is 0 Å². The van der Waals surface area contributed by atoms with Crippen molar-refractivity contribution in [2.45, 2.75) is 31.3 Å². The summed E-state index contributed by atoms with van der Waals surface area (Å²) in [6, 6.07) is 0. The van der Waals surface area contributed by atoms with Crippen LogP contribution in [0.5, 0.6) is 0 Å². The Morgan fingerprint density at radius 1 is 1.09 bits per heavy atom. The predicted octanol–water partition coefficient (Wildman–Crippen LogP) is -2.00. The van der Waals surface area contributed by atoms with E-state index in [0.29, 0.717) is 6.29 Å². The molecule has 0 heterocycles. The second-order valence-corrected chi connectivity index (χ2v) is 2.25. The third-order valence-corrected chi connectivity index (χ3v) is 1.23. The fraction of sp³-hybridized carbons (Fsp3) is 0.833. The quantitative estimate of drug-likeness (QED) is 0.278. The largest absolute Gasteiger partial charge is 0.390 e. The molecular formula is C6H12O5. The van der Waals surface area contributed by atoms with Crippen LogP contribution in [0.15, 0.2) is 0 Å². The summed E-state index contributed by atoms with van der Waals surface area (Å²) in [5.74, 6) is 0. The molecule has 0 fully saturated rings. The number of aldehydes is 1. The van der Waals surface area contributed by atoms with E-state index in [0.717, 1.165) is 0 Å². The average molecular weight is 164 g/mol. The lowest BCUT2D eigenvalue weighted by Gasteiger charge is -2.15. The molecule has 0 radical (unpaired) electrons. The van der Waals surface area contributed by atoms with Gasteiger partial charge in [-0.15, -0.1) is 0 Å². The molecule has 0 saturated heterocycles. The molecule has 2 unspecified atom stereocenters. The minimum absolute atomic E-state index is 0.201. The Balaban J connectivity index is 3.62. The van der Waals surface area contributed by atoms with Crippen molar-refractivity contribution >= 4 is 6.29 Å². The summed E-state index contributed by atoms with van der Waals surface area (Å²) in [6.45, 7) is 0. The van der Waals surface area contributed by atoms with Crippen LogP contribution in [0.25, 0.3) is 0 Å². The second-order valence-electron chi connectivity index (χ2n) is 2.25. The van der Waals surface area contributed by atoms with Gasteiger partial charge in [-0.05, 0) is 0 Å². The molecule has 0 aliphatic carbocycles. The molecule has 0 aliphatic rings. The first-order chi connectivity index (χ1) is 5.07. The molecule has 0 rings (SSSR count). The van der Waals surface area contributed by atoms with E-state index >= 15 is 0 Å². The fourth-order valence-electron chi connectivity index (χ4n) is 0.629. The van der Waals surface area contributed by atoms with Crippen LogP contribution in [0.2, 0.25) is 0 Å². The van der Waals surface area contributed by atoms with Gasteiger partial charge >= 0.3 is 0 Å². The molecule has 0 aromatic rings. The van der Waals surface area contributed by atoms with E-state index in [9.17, 15) is 4.79 Å². The summed E-state index contributed by atoms with van der Waals surface area (Å²) >= 11 is 0. The van der Waals surface area contributed by atoms with Crippen LogP contribution < -0.4 is 0 Å². The normalized spacial score (nSPS) is 16.5. The molecule has 0 aromatic heterocycles. The molecule has 5 nitrogen and oxygen atoms in total. The number of hydrogen-bond acceptors (Lipinski definition) is 5. The number of rotatable bonds is 5. The summed E-state index contributed by atoms with van der Waals surface area (Å²) in [5.41, 5.74) is 0. The Morgan fingerprint density at radius 3 is 2.00 bits per heavy atom. The minimum Gasteiger partial charge on any atom is -0.390 e. The van der Waals surface area contributed by atoms with E-state index < -0.39 is 18.5 Å². The van der Waals surface area contributed by atoms with Crippen molar-refractivity contribution in [3.63, 3.8) is 0 Å². The van der Waals surface area contributed by atoms with E-state index in [4.69, 9.17) is 20.4 Å². The van der Waals surface area contributed by atoms with Crippen molar-refractivity contribution in [3.8, 4) is 0 Å². The first-order valence-electron chi connectivity index (χ1n) is 3.23. The summed E-state index contributed by atoms with van der Waals surface area (Å²) < 4.78 is 0. The van der Waals surface area contributed by atoms with Crippen molar-refractivity contribution in [1.82, 2.24) is 0 Å². The summed E-state index contributed by atoms with van der Waals surface area (Å²) in [5, 5.41) is 34.4. The maximum absolute atomic E-state index is 9.81. The molecule has 66 valence electrons. The van der Waals surface area contributed by atoms with Crippen molar-refractivity contribution in [2.75, 3.05) is 0 Å². The lowest BCUT2D eigenvalue weighted by molar-refractivity contribution is -0.115. The minimum atomic E-state index is -1.66. The number of aliphatic hydroxyl groups excluding tert-OH is 3. The second kappa shape index (κ2) is 5.20. The highest BCUT2D eigenvalue weighted by atomic mass is 16.5. The highest BCUT2D eigenvalue weighted by Crippen LogP contribution is 2.03. The molecule has 0 saturated carbocycles. The van der Waals surface area contributed by atoms with E-state index in [2.05, 4.69) is 0 Å². The Hall–Kier alpha value is -0.490. The molecule has 0 aliphatic heterocycles. The van der Waals surface area contributed by atoms with Gasteiger partial charge in [0.1, 0.15) is 6.29 Å². The van der Waals surface area contributed by atoms with Gasteiger partial charge in [-0.3, -0.25) is 0 Å². The highest BCUT2D eigenvalue weighted by molar-refractivity contribution is 5.50. The lowest BCUT2D eigenvalue weighted by atomic mass is 10.1. The van der Waals surface area contributed by atoms with Crippen LogP contribution >= 0.6 is 0 Å². The van der Waals surface area contributed by atoms with Gasteiger partial charge in [-0.1, -0.05) is 0 Å². The number of hydrogen-bond donors (Lipinski definition) is 4. The zero-order chi connectivity index (χ0) is 8.85. The van der Waals surface area contributed by atoms with Crippen LogP contribution in [-0.2, 0) is 4.79 Å². The Kier molecular flexibility index (Phi) is 4.97. The molecule has 4 N–H and O–H groups in total. The zero-order valence-electron chi connectivity index (χ0n) is 5.92. The molecule has 5 heteroatoms. The van der Waals surface area contributed by atoms with Gasteiger partial charge in [0.25, 0.3) is 0 Å². The van der Waals surface area contributed by atoms with Crippen LogP contribution in [0.1, 0.15) is 12.8 Å². The van der Waals surface area contributed by atoms with Gasteiger partial charge in [0.15, 0.2) is 6.29 Å². The SMILES string of the molecule is O=CCC(O)C(O)CC(O)O. The Bertz CT molecular complexity index is 114. The molecule has 11 heavy (non-hydrogen) atoms. The zero-order valence-corrected chi connectivity index (χ0v) is 5.92.